The monoisotopic (exact) mass is 483 g/mol. The highest BCUT2D eigenvalue weighted by Crippen LogP contribution is 2.28. The molecule has 34 heavy (non-hydrogen) atoms. The molecule has 0 bridgehead atoms. The second kappa shape index (κ2) is 9.80. The summed E-state index contributed by atoms with van der Waals surface area (Å²) in [6.07, 6.45) is 2.13. The fourth-order valence-electron chi connectivity index (χ4n) is 5.16. The second-order valence-corrected chi connectivity index (χ2v) is 12.3. The largest absolute Gasteiger partial charge is 0.354 e. The Kier molecular flexibility index (Phi) is 7.17. The number of fused-ring (bicyclic) bond motifs is 1. The molecule has 1 amide bonds. The van der Waals surface area contributed by atoms with Gasteiger partial charge in [-0.05, 0) is 69.7 Å². The van der Waals surface area contributed by atoms with E-state index in [1.807, 2.05) is 26.0 Å². The molecule has 4 rings (SSSR count). The van der Waals surface area contributed by atoms with Gasteiger partial charge in [0.25, 0.3) is 0 Å². The number of aryl methyl sites for hydroxylation is 2. The zero-order valence-corrected chi connectivity index (χ0v) is 21.6. The van der Waals surface area contributed by atoms with Crippen LogP contribution in [-0.2, 0) is 27.8 Å². The molecule has 184 valence electrons. The average molecular weight is 484 g/mol. The Labute approximate surface area is 204 Å². The lowest BCUT2D eigenvalue weighted by molar-refractivity contribution is -0.126. The van der Waals surface area contributed by atoms with Gasteiger partial charge in [0.2, 0.25) is 15.9 Å². The molecule has 0 atom stereocenters. The molecule has 0 radical (unpaired) electrons. The Hall–Kier alpha value is -2.22. The summed E-state index contributed by atoms with van der Waals surface area (Å²) < 4.78 is 27.8. The Bertz CT molecular complexity index is 1150. The van der Waals surface area contributed by atoms with Crippen molar-refractivity contribution in [2.45, 2.75) is 63.9 Å². The smallest absolute Gasteiger partial charge is 0.243 e. The number of carbonyl (C=O) groups excluding carboxylic acids is 1. The summed E-state index contributed by atoms with van der Waals surface area (Å²) in [5.41, 5.74) is 4.44. The van der Waals surface area contributed by atoms with Gasteiger partial charge in [0, 0.05) is 44.2 Å². The maximum atomic E-state index is 13.1. The van der Waals surface area contributed by atoms with Crippen LogP contribution in [0.1, 0.15) is 48.9 Å². The van der Waals surface area contributed by atoms with Crippen molar-refractivity contribution in [3.63, 3.8) is 0 Å². The zero-order valence-electron chi connectivity index (χ0n) is 20.8. The van der Waals surface area contributed by atoms with Gasteiger partial charge in [-0.15, -0.1) is 0 Å². The van der Waals surface area contributed by atoms with E-state index in [2.05, 4.69) is 48.3 Å². The van der Waals surface area contributed by atoms with Gasteiger partial charge in [0.15, 0.2) is 0 Å². The first kappa shape index (κ1) is 24.9. The van der Waals surface area contributed by atoms with Crippen LogP contribution in [0.2, 0.25) is 0 Å². The SMILES string of the molecule is Cc1ccc(S(=O)(=O)N2CCC(C(=O)NCC(C)(C)N3CCc4ccccc4C3)CC2)c(C)c1. The summed E-state index contributed by atoms with van der Waals surface area (Å²) in [6.45, 7) is 11.4. The van der Waals surface area contributed by atoms with Crippen molar-refractivity contribution in [1.82, 2.24) is 14.5 Å². The molecular formula is C27H37N3O3S. The normalized spacial score (nSPS) is 18.5. The van der Waals surface area contributed by atoms with E-state index in [4.69, 9.17) is 0 Å². The average Bonchev–Trinajstić information content (AvgIpc) is 2.82. The number of hydrogen-bond acceptors (Lipinski definition) is 4. The molecular weight excluding hydrogens is 446 g/mol. The molecule has 1 N–H and O–H groups in total. The molecule has 0 saturated carbocycles. The molecule has 0 unspecified atom stereocenters. The summed E-state index contributed by atoms with van der Waals surface area (Å²) >= 11 is 0. The van der Waals surface area contributed by atoms with E-state index < -0.39 is 10.0 Å². The summed E-state index contributed by atoms with van der Waals surface area (Å²) in [4.78, 5) is 15.8. The first-order valence-electron chi connectivity index (χ1n) is 12.2. The molecule has 6 nitrogen and oxygen atoms in total. The fraction of sp³-hybridized carbons (Fsp3) is 0.519. The molecule has 2 aliphatic rings. The second-order valence-electron chi connectivity index (χ2n) is 10.4. The number of piperidine rings is 1. The molecule has 7 heteroatoms. The van der Waals surface area contributed by atoms with Crippen molar-refractivity contribution in [3.05, 3.63) is 64.7 Å². The summed E-state index contributed by atoms with van der Waals surface area (Å²) in [5.74, 6) is -0.113. The third-order valence-corrected chi connectivity index (χ3v) is 9.51. The van der Waals surface area contributed by atoms with Crippen molar-refractivity contribution in [1.29, 1.82) is 0 Å². The number of hydrogen-bond donors (Lipinski definition) is 1. The van der Waals surface area contributed by atoms with Crippen LogP contribution in [0.25, 0.3) is 0 Å². The standard InChI is InChI=1S/C27H37N3O3S/c1-20-9-10-25(21(2)17-20)34(32,33)30-15-12-23(13-16-30)26(31)28-19-27(3,4)29-14-11-22-7-5-6-8-24(22)18-29/h5-10,17,23H,11-16,18-19H2,1-4H3,(H,28,31). The van der Waals surface area contributed by atoms with Gasteiger partial charge in [-0.25, -0.2) is 8.42 Å². The van der Waals surface area contributed by atoms with Crippen molar-refractivity contribution in [2.75, 3.05) is 26.2 Å². The van der Waals surface area contributed by atoms with E-state index in [1.165, 1.54) is 15.4 Å². The minimum Gasteiger partial charge on any atom is -0.354 e. The highest BCUT2D eigenvalue weighted by atomic mass is 32.2. The van der Waals surface area contributed by atoms with Gasteiger partial charge in [0.1, 0.15) is 0 Å². The number of benzene rings is 2. The maximum Gasteiger partial charge on any atom is 0.243 e. The van der Waals surface area contributed by atoms with Crippen LogP contribution < -0.4 is 5.32 Å². The van der Waals surface area contributed by atoms with Crippen molar-refractivity contribution < 1.29 is 13.2 Å². The summed E-state index contributed by atoms with van der Waals surface area (Å²) in [5, 5.41) is 3.17. The number of rotatable bonds is 6. The van der Waals surface area contributed by atoms with Crippen molar-refractivity contribution in [2.24, 2.45) is 5.92 Å². The Balaban J connectivity index is 1.31. The minimum atomic E-state index is -3.54. The van der Waals surface area contributed by atoms with Gasteiger partial charge in [-0.3, -0.25) is 9.69 Å². The first-order chi connectivity index (χ1) is 16.1. The van der Waals surface area contributed by atoms with Crippen molar-refractivity contribution >= 4 is 15.9 Å². The van der Waals surface area contributed by atoms with Gasteiger partial charge in [-0.1, -0.05) is 42.0 Å². The first-order valence-corrected chi connectivity index (χ1v) is 13.7. The predicted octanol–water partition coefficient (Wildman–Crippen LogP) is 3.66. The molecule has 1 fully saturated rings. The van der Waals surface area contributed by atoms with Gasteiger partial charge in [-0.2, -0.15) is 4.31 Å². The van der Waals surface area contributed by atoms with Crippen LogP contribution in [0.4, 0.5) is 0 Å². The van der Waals surface area contributed by atoms with Crippen LogP contribution in [0.15, 0.2) is 47.4 Å². The highest BCUT2D eigenvalue weighted by molar-refractivity contribution is 7.89. The summed E-state index contributed by atoms with van der Waals surface area (Å²) in [6, 6.07) is 14.0. The van der Waals surface area contributed by atoms with Crippen molar-refractivity contribution in [3.8, 4) is 0 Å². The molecule has 2 heterocycles. The Morgan fingerprint density at radius 1 is 1.03 bits per heavy atom. The van der Waals surface area contributed by atoms with Gasteiger partial charge < -0.3 is 5.32 Å². The number of amides is 1. The molecule has 0 aromatic heterocycles. The molecule has 0 spiro atoms. The highest BCUT2D eigenvalue weighted by Gasteiger charge is 2.34. The van der Waals surface area contributed by atoms with E-state index in [9.17, 15) is 13.2 Å². The summed E-state index contributed by atoms with van der Waals surface area (Å²) in [7, 11) is -3.54. The minimum absolute atomic E-state index is 0.0362. The lowest BCUT2D eigenvalue weighted by atomic mass is 9.93. The third-order valence-electron chi connectivity index (χ3n) is 7.45. The van der Waals surface area contributed by atoms with Crippen LogP contribution in [0.5, 0.6) is 0 Å². The van der Waals surface area contributed by atoms with E-state index >= 15 is 0 Å². The Morgan fingerprint density at radius 3 is 2.38 bits per heavy atom. The third kappa shape index (κ3) is 5.21. The predicted molar refractivity (Wildman–Crippen MR) is 135 cm³/mol. The number of carbonyl (C=O) groups is 1. The maximum absolute atomic E-state index is 13.1. The molecule has 2 aromatic rings. The molecule has 2 aliphatic heterocycles. The van der Waals surface area contributed by atoms with Crippen LogP contribution >= 0.6 is 0 Å². The number of nitrogens with one attached hydrogen (secondary N) is 1. The number of sulfonamides is 1. The van der Waals surface area contributed by atoms with E-state index in [1.54, 1.807) is 6.07 Å². The van der Waals surface area contributed by atoms with Crippen LogP contribution in [0, 0.1) is 19.8 Å². The zero-order chi connectivity index (χ0) is 24.5. The topological polar surface area (TPSA) is 69.7 Å². The lowest BCUT2D eigenvalue weighted by Gasteiger charge is -2.42. The van der Waals surface area contributed by atoms with E-state index in [0.29, 0.717) is 37.4 Å². The lowest BCUT2D eigenvalue weighted by Crippen LogP contribution is -2.54. The fourth-order valence-corrected chi connectivity index (χ4v) is 6.83. The molecule has 0 aliphatic carbocycles. The Morgan fingerprint density at radius 2 is 1.71 bits per heavy atom. The number of nitrogens with zero attached hydrogens (tertiary/aromatic N) is 2. The quantitative estimate of drug-likeness (QED) is 0.681. The van der Waals surface area contributed by atoms with E-state index in [0.717, 1.165) is 30.6 Å². The van der Waals surface area contributed by atoms with Gasteiger partial charge in [0.05, 0.1) is 4.90 Å². The van der Waals surface area contributed by atoms with Crippen LogP contribution in [-0.4, -0.2) is 55.2 Å². The molecule has 2 aromatic carbocycles. The van der Waals surface area contributed by atoms with Gasteiger partial charge >= 0.3 is 0 Å². The van der Waals surface area contributed by atoms with Crippen LogP contribution in [0.3, 0.4) is 0 Å². The molecule has 1 saturated heterocycles. The van der Waals surface area contributed by atoms with E-state index in [-0.39, 0.29) is 17.4 Å².